The van der Waals surface area contributed by atoms with Crippen LogP contribution in [0.15, 0.2) is 48.8 Å². The molecule has 2 aliphatic rings. The first-order chi connectivity index (χ1) is 16.6. The molecule has 2 aromatic carbocycles. The summed E-state index contributed by atoms with van der Waals surface area (Å²) in [4.78, 5) is 35.6. The molecule has 0 radical (unpaired) electrons. The van der Waals surface area contributed by atoms with Crippen LogP contribution in [0.3, 0.4) is 0 Å². The van der Waals surface area contributed by atoms with E-state index in [0.29, 0.717) is 44.6 Å². The van der Waals surface area contributed by atoms with Crippen molar-refractivity contribution in [1.82, 2.24) is 20.2 Å². The number of amides is 2. The lowest BCUT2D eigenvalue weighted by molar-refractivity contribution is -0.134. The number of aromatic amines is 1. The van der Waals surface area contributed by atoms with E-state index >= 15 is 0 Å². The number of rotatable bonds is 1. The Morgan fingerprint density at radius 1 is 1.03 bits per heavy atom. The summed E-state index contributed by atoms with van der Waals surface area (Å²) >= 11 is 0. The van der Waals surface area contributed by atoms with E-state index < -0.39 is 5.41 Å². The summed E-state index contributed by atoms with van der Waals surface area (Å²) in [5, 5.41) is 3.13. The average molecular weight is 461 g/mol. The summed E-state index contributed by atoms with van der Waals surface area (Å²) in [5.41, 5.74) is 3.19. The highest BCUT2D eigenvalue weighted by atomic mass is 16.5. The molecule has 7 nitrogen and oxygen atoms in total. The van der Waals surface area contributed by atoms with Gasteiger partial charge >= 0.3 is 0 Å². The molecule has 1 fully saturated rings. The van der Waals surface area contributed by atoms with E-state index in [2.05, 4.69) is 27.4 Å². The number of hydrogen-bond donors (Lipinski definition) is 2. The largest absolute Gasteiger partial charge is 0.491 e. The first kappa shape index (κ1) is 22.4. The van der Waals surface area contributed by atoms with Gasteiger partial charge in [-0.1, -0.05) is 31.0 Å². The van der Waals surface area contributed by atoms with Gasteiger partial charge in [0.15, 0.2) is 0 Å². The molecule has 1 spiro atoms. The number of carbonyl (C=O) groups excluding carboxylic acids is 2. The number of piperidine rings is 1. The number of H-pyrrole nitrogens is 1. The second-order valence-electron chi connectivity index (χ2n) is 9.48. The van der Waals surface area contributed by atoms with E-state index in [1.54, 1.807) is 6.33 Å². The first-order valence-electron chi connectivity index (χ1n) is 12.4. The molecule has 5 rings (SSSR count). The Morgan fingerprint density at radius 2 is 1.88 bits per heavy atom. The van der Waals surface area contributed by atoms with Gasteiger partial charge in [-0.05, 0) is 61.9 Å². The van der Waals surface area contributed by atoms with Crippen LogP contribution in [0.4, 0.5) is 0 Å². The predicted molar refractivity (Wildman–Crippen MR) is 131 cm³/mol. The lowest BCUT2D eigenvalue weighted by Crippen LogP contribution is -2.50. The van der Waals surface area contributed by atoms with E-state index in [1.807, 2.05) is 35.2 Å². The molecule has 0 unspecified atom stereocenters. The van der Waals surface area contributed by atoms with Crippen molar-refractivity contribution < 1.29 is 14.3 Å². The van der Waals surface area contributed by atoms with Gasteiger partial charge in [0.05, 0.1) is 29.3 Å². The third-order valence-electron chi connectivity index (χ3n) is 7.38. The number of aromatic nitrogens is 2. The van der Waals surface area contributed by atoms with Crippen molar-refractivity contribution in [2.45, 2.75) is 44.9 Å². The van der Waals surface area contributed by atoms with Gasteiger partial charge in [0.25, 0.3) is 5.91 Å². The standard InChI is InChI=1S/C27H32N4O3/c32-25(21-9-10-22-23(18-21)30-19-29-22)31-15-12-27(13-16-31)11-5-1-2-6-20-7-3-4-8-24(20)34-17-14-28-26(27)33/h3-4,7-10,18-19H,1-2,5-6,11-17H2,(H,28,33)(H,29,30). The molecule has 2 N–H and O–H groups in total. The minimum absolute atomic E-state index is 0.0163. The molecule has 3 heterocycles. The summed E-state index contributed by atoms with van der Waals surface area (Å²) in [6, 6.07) is 13.7. The van der Waals surface area contributed by atoms with Crippen LogP contribution in [0.1, 0.15) is 54.4 Å². The molecule has 34 heavy (non-hydrogen) atoms. The van der Waals surface area contributed by atoms with Crippen LogP contribution >= 0.6 is 0 Å². The number of para-hydroxylation sites is 1. The van der Waals surface area contributed by atoms with Gasteiger partial charge in [-0.25, -0.2) is 4.98 Å². The van der Waals surface area contributed by atoms with Crippen LogP contribution in [0.5, 0.6) is 5.75 Å². The Kier molecular flexibility index (Phi) is 6.52. The molecule has 2 amide bonds. The van der Waals surface area contributed by atoms with Crippen molar-refractivity contribution in [3.05, 3.63) is 59.9 Å². The zero-order chi connectivity index (χ0) is 23.4. The number of carbonyl (C=O) groups is 2. The molecular weight excluding hydrogens is 428 g/mol. The van der Waals surface area contributed by atoms with Gasteiger partial charge in [-0.15, -0.1) is 0 Å². The second-order valence-corrected chi connectivity index (χ2v) is 9.48. The van der Waals surface area contributed by atoms with Crippen LogP contribution in [-0.2, 0) is 11.2 Å². The fourth-order valence-corrected chi connectivity index (χ4v) is 5.30. The number of benzene rings is 2. The topological polar surface area (TPSA) is 87.3 Å². The molecule has 178 valence electrons. The molecule has 0 bridgehead atoms. The zero-order valence-electron chi connectivity index (χ0n) is 19.5. The summed E-state index contributed by atoms with van der Waals surface area (Å²) in [6.07, 6.45) is 8.06. The number of likely N-dealkylation sites (tertiary alicyclic amines) is 1. The van der Waals surface area contributed by atoms with Crippen molar-refractivity contribution in [2.24, 2.45) is 5.41 Å². The van der Waals surface area contributed by atoms with Crippen molar-refractivity contribution in [1.29, 1.82) is 0 Å². The van der Waals surface area contributed by atoms with Crippen LogP contribution in [0.2, 0.25) is 0 Å². The number of aryl methyl sites for hydroxylation is 1. The van der Waals surface area contributed by atoms with E-state index in [4.69, 9.17) is 4.74 Å². The van der Waals surface area contributed by atoms with E-state index in [-0.39, 0.29) is 11.8 Å². The van der Waals surface area contributed by atoms with E-state index in [0.717, 1.165) is 48.9 Å². The molecule has 3 aromatic rings. The summed E-state index contributed by atoms with van der Waals surface area (Å²) in [6.45, 7) is 2.13. The van der Waals surface area contributed by atoms with Gasteiger partial charge < -0.3 is 19.9 Å². The van der Waals surface area contributed by atoms with Crippen molar-refractivity contribution in [3.63, 3.8) is 0 Å². The van der Waals surface area contributed by atoms with Crippen LogP contribution in [-0.4, -0.2) is 52.9 Å². The highest BCUT2D eigenvalue weighted by Crippen LogP contribution is 2.38. The molecule has 0 saturated carbocycles. The Balaban J connectivity index is 1.24. The third kappa shape index (κ3) is 4.65. The van der Waals surface area contributed by atoms with Crippen LogP contribution < -0.4 is 10.1 Å². The first-order valence-corrected chi connectivity index (χ1v) is 12.4. The quantitative estimate of drug-likeness (QED) is 0.572. The second kappa shape index (κ2) is 9.87. The number of imidazole rings is 1. The van der Waals surface area contributed by atoms with Crippen LogP contribution in [0.25, 0.3) is 11.0 Å². The smallest absolute Gasteiger partial charge is 0.253 e. The highest BCUT2D eigenvalue weighted by molar-refractivity contribution is 5.97. The molecule has 7 heteroatoms. The average Bonchev–Trinajstić information content (AvgIpc) is 3.35. The normalized spacial score (nSPS) is 19.3. The lowest BCUT2D eigenvalue weighted by atomic mass is 9.73. The maximum absolute atomic E-state index is 13.3. The number of hydrogen-bond acceptors (Lipinski definition) is 4. The molecule has 0 atom stereocenters. The molecule has 0 aliphatic carbocycles. The third-order valence-corrected chi connectivity index (χ3v) is 7.38. The van der Waals surface area contributed by atoms with Gasteiger partial charge in [-0.3, -0.25) is 9.59 Å². The molecule has 2 aliphatic heterocycles. The van der Waals surface area contributed by atoms with Crippen molar-refractivity contribution in [3.8, 4) is 5.75 Å². The van der Waals surface area contributed by atoms with Gasteiger partial charge in [-0.2, -0.15) is 0 Å². The Labute approximate surface area is 199 Å². The minimum atomic E-state index is -0.412. The monoisotopic (exact) mass is 460 g/mol. The predicted octanol–water partition coefficient (Wildman–Crippen LogP) is 4.10. The number of ether oxygens (including phenoxy) is 1. The fraction of sp³-hybridized carbons (Fsp3) is 0.444. The van der Waals surface area contributed by atoms with Gasteiger partial charge in [0.2, 0.25) is 5.91 Å². The lowest BCUT2D eigenvalue weighted by Gasteiger charge is -2.41. The number of fused-ring (bicyclic) bond motifs is 2. The van der Waals surface area contributed by atoms with Gasteiger partial charge in [0, 0.05) is 18.7 Å². The number of nitrogens with zero attached hydrogens (tertiary/aromatic N) is 2. The molecular formula is C27H32N4O3. The molecule has 1 aromatic heterocycles. The minimum Gasteiger partial charge on any atom is -0.491 e. The summed E-state index contributed by atoms with van der Waals surface area (Å²) in [7, 11) is 0. The maximum atomic E-state index is 13.3. The van der Waals surface area contributed by atoms with E-state index in [9.17, 15) is 9.59 Å². The van der Waals surface area contributed by atoms with Gasteiger partial charge in [0.1, 0.15) is 12.4 Å². The summed E-state index contributed by atoms with van der Waals surface area (Å²) < 4.78 is 5.97. The van der Waals surface area contributed by atoms with E-state index in [1.165, 1.54) is 5.56 Å². The molecule has 1 saturated heterocycles. The SMILES string of the molecule is O=C(c1ccc2nc[nH]c2c1)N1CCC2(CCCCCc3ccccc3OCCNC2=O)CC1. The highest BCUT2D eigenvalue weighted by Gasteiger charge is 2.41. The Hall–Kier alpha value is -3.35. The maximum Gasteiger partial charge on any atom is 0.253 e. The zero-order valence-corrected chi connectivity index (χ0v) is 19.5. The summed E-state index contributed by atoms with van der Waals surface area (Å²) in [5.74, 6) is 1.04. The Morgan fingerprint density at radius 3 is 2.76 bits per heavy atom. The van der Waals surface area contributed by atoms with Crippen LogP contribution in [0, 0.1) is 5.41 Å². The fourth-order valence-electron chi connectivity index (χ4n) is 5.30. The van der Waals surface area contributed by atoms with Crippen molar-refractivity contribution >= 4 is 22.8 Å². The van der Waals surface area contributed by atoms with Crippen molar-refractivity contribution in [2.75, 3.05) is 26.2 Å². The Bertz CT molecular complexity index is 1160. The number of nitrogens with one attached hydrogen (secondary N) is 2.